The summed E-state index contributed by atoms with van der Waals surface area (Å²) in [4.78, 5) is 2.97. The van der Waals surface area contributed by atoms with Gasteiger partial charge in [-0.15, -0.1) is 0 Å². The van der Waals surface area contributed by atoms with Crippen molar-refractivity contribution in [3.8, 4) is 6.07 Å². The van der Waals surface area contributed by atoms with E-state index < -0.39 is 6.43 Å². The van der Waals surface area contributed by atoms with Crippen LogP contribution in [0.25, 0.3) is 0 Å². The first-order valence-electron chi connectivity index (χ1n) is 6.11. The van der Waals surface area contributed by atoms with Crippen LogP contribution in [0.5, 0.6) is 0 Å². The van der Waals surface area contributed by atoms with E-state index in [-0.39, 0.29) is 15.8 Å². The third-order valence-electron chi connectivity index (χ3n) is 3.38. The number of rotatable bonds is 1. The molecule has 0 saturated heterocycles. The quantitative estimate of drug-likeness (QED) is 0.775. The lowest BCUT2D eigenvalue weighted by atomic mass is 9.92. The fraction of sp³-hybridized carbons (Fsp3) is 0.538. The minimum absolute atomic E-state index is 0.0562. The molecule has 0 atom stereocenters. The molecular formula is C13H14F2N2S. The maximum atomic E-state index is 13.2. The minimum Gasteiger partial charge on any atom is -0.349 e. The molecule has 0 bridgehead atoms. The Labute approximate surface area is 110 Å². The summed E-state index contributed by atoms with van der Waals surface area (Å²) in [6, 6.07) is 1.82. The van der Waals surface area contributed by atoms with Gasteiger partial charge in [-0.2, -0.15) is 5.26 Å². The number of alkyl halides is 2. The van der Waals surface area contributed by atoms with Gasteiger partial charge in [0.05, 0.1) is 5.56 Å². The maximum absolute atomic E-state index is 13.2. The van der Waals surface area contributed by atoms with Crippen LogP contribution < -0.4 is 0 Å². The van der Waals surface area contributed by atoms with Crippen molar-refractivity contribution >= 4 is 12.2 Å². The van der Waals surface area contributed by atoms with Gasteiger partial charge in [-0.25, -0.2) is 8.78 Å². The Morgan fingerprint density at radius 2 is 1.83 bits per heavy atom. The molecule has 0 fully saturated rings. The molecule has 5 heteroatoms. The summed E-state index contributed by atoms with van der Waals surface area (Å²) in [6.45, 7) is 0. The van der Waals surface area contributed by atoms with Gasteiger partial charge in [0.15, 0.2) is 0 Å². The van der Waals surface area contributed by atoms with E-state index in [1.165, 1.54) is 0 Å². The SMILES string of the molecule is N#Cc1c(C(F)F)c2c([nH]c1=S)CCCCCC2. The first-order valence-corrected chi connectivity index (χ1v) is 6.52. The van der Waals surface area contributed by atoms with E-state index in [9.17, 15) is 8.78 Å². The van der Waals surface area contributed by atoms with Crippen LogP contribution in [0.1, 0.15) is 54.5 Å². The second-order valence-corrected chi connectivity index (χ2v) is 4.93. The number of hydrogen-bond donors (Lipinski definition) is 1. The lowest BCUT2D eigenvalue weighted by molar-refractivity contribution is 0.149. The first-order chi connectivity index (χ1) is 8.65. The Bertz CT molecular complexity index is 543. The van der Waals surface area contributed by atoms with Crippen molar-refractivity contribution < 1.29 is 8.78 Å². The average Bonchev–Trinajstić information content (AvgIpc) is 2.30. The minimum atomic E-state index is -2.64. The number of hydrogen-bond acceptors (Lipinski definition) is 2. The number of aryl methyl sites for hydroxylation is 1. The van der Waals surface area contributed by atoms with Gasteiger partial charge < -0.3 is 4.98 Å². The average molecular weight is 268 g/mol. The number of nitriles is 1. The van der Waals surface area contributed by atoms with E-state index in [1.807, 2.05) is 6.07 Å². The van der Waals surface area contributed by atoms with Crippen molar-refractivity contribution in [3.05, 3.63) is 27.0 Å². The standard InChI is InChI=1S/C13H14F2N2S/c14-12(15)11-8-5-3-1-2-4-6-10(8)17-13(18)9(11)7-16/h12H,1-6H2,(H,17,18). The van der Waals surface area contributed by atoms with E-state index in [0.717, 1.165) is 37.8 Å². The van der Waals surface area contributed by atoms with Crippen LogP contribution in [0.4, 0.5) is 8.78 Å². The molecule has 1 aromatic rings. The summed E-state index contributed by atoms with van der Waals surface area (Å²) in [5, 5.41) is 9.01. The number of fused-ring (bicyclic) bond motifs is 1. The zero-order valence-electron chi connectivity index (χ0n) is 9.93. The van der Waals surface area contributed by atoms with E-state index in [1.54, 1.807) is 0 Å². The van der Waals surface area contributed by atoms with Gasteiger partial charge in [0.25, 0.3) is 6.43 Å². The van der Waals surface area contributed by atoms with E-state index in [2.05, 4.69) is 4.98 Å². The fourth-order valence-corrected chi connectivity index (χ4v) is 2.80. The molecule has 18 heavy (non-hydrogen) atoms. The fourth-order valence-electron chi connectivity index (χ4n) is 2.52. The molecule has 0 aliphatic heterocycles. The summed E-state index contributed by atoms with van der Waals surface area (Å²) < 4.78 is 26.6. The Morgan fingerprint density at radius 3 is 2.44 bits per heavy atom. The third kappa shape index (κ3) is 2.44. The van der Waals surface area contributed by atoms with Crippen LogP contribution in [0, 0.1) is 16.0 Å². The number of nitrogens with one attached hydrogen (secondary N) is 1. The number of aromatic amines is 1. The van der Waals surface area contributed by atoms with Gasteiger partial charge in [0.1, 0.15) is 10.7 Å². The van der Waals surface area contributed by atoms with Crippen LogP contribution >= 0.6 is 12.2 Å². The molecule has 0 radical (unpaired) electrons. The number of aromatic nitrogens is 1. The summed E-state index contributed by atoms with van der Waals surface area (Å²) in [6.07, 6.45) is 2.75. The van der Waals surface area contributed by atoms with Gasteiger partial charge >= 0.3 is 0 Å². The zero-order chi connectivity index (χ0) is 13.1. The van der Waals surface area contributed by atoms with Gasteiger partial charge in [0.2, 0.25) is 0 Å². The number of pyridine rings is 1. The third-order valence-corrected chi connectivity index (χ3v) is 3.69. The topological polar surface area (TPSA) is 39.6 Å². The van der Waals surface area contributed by atoms with E-state index >= 15 is 0 Å². The Hall–Kier alpha value is -1.28. The van der Waals surface area contributed by atoms with Crippen LogP contribution in [0.2, 0.25) is 0 Å². The predicted octanol–water partition coefficient (Wildman–Crippen LogP) is 4.21. The molecule has 0 amide bonds. The maximum Gasteiger partial charge on any atom is 0.265 e. The monoisotopic (exact) mass is 268 g/mol. The van der Waals surface area contributed by atoms with Crippen LogP contribution in [-0.4, -0.2) is 4.98 Å². The van der Waals surface area contributed by atoms with E-state index in [0.29, 0.717) is 12.0 Å². The Balaban J connectivity index is 2.66. The highest BCUT2D eigenvalue weighted by Gasteiger charge is 2.23. The molecule has 0 saturated carbocycles. The Morgan fingerprint density at radius 1 is 1.17 bits per heavy atom. The van der Waals surface area contributed by atoms with Crippen molar-refractivity contribution in [1.82, 2.24) is 4.98 Å². The molecule has 1 aliphatic carbocycles. The molecule has 1 aliphatic rings. The highest BCUT2D eigenvalue weighted by Crippen LogP contribution is 2.31. The predicted molar refractivity (Wildman–Crippen MR) is 67.2 cm³/mol. The Kier molecular flexibility index (Phi) is 4.07. The number of nitrogens with zero attached hydrogens (tertiary/aromatic N) is 1. The molecule has 2 nitrogen and oxygen atoms in total. The molecule has 96 valence electrons. The molecule has 0 unspecified atom stereocenters. The molecule has 1 N–H and O–H groups in total. The molecular weight excluding hydrogens is 254 g/mol. The summed E-state index contributed by atoms with van der Waals surface area (Å²) >= 11 is 5.01. The lowest BCUT2D eigenvalue weighted by Gasteiger charge is -2.18. The molecule has 2 rings (SSSR count). The molecule has 1 aromatic heterocycles. The van der Waals surface area contributed by atoms with Crippen molar-refractivity contribution in [2.75, 3.05) is 0 Å². The molecule has 0 aromatic carbocycles. The second kappa shape index (κ2) is 5.57. The van der Waals surface area contributed by atoms with Gasteiger partial charge in [0, 0.05) is 11.3 Å². The second-order valence-electron chi connectivity index (χ2n) is 4.53. The summed E-state index contributed by atoms with van der Waals surface area (Å²) in [5.74, 6) is 0. The normalized spacial score (nSPS) is 15.7. The van der Waals surface area contributed by atoms with Gasteiger partial charge in [-0.1, -0.05) is 25.1 Å². The lowest BCUT2D eigenvalue weighted by Crippen LogP contribution is -2.10. The van der Waals surface area contributed by atoms with Crippen LogP contribution in [-0.2, 0) is 12.8 Å². The molecule has 0 spiro atoms. The summed E-state index contributed by atoms with van der Waals surface area (Å²) in [5.41, 5.74) is 1.22. The van der Waals surface area contributed by atoms with Crippen molar-refractivity contribution in [2.24, 2.45) is 0 Å². The van der Waals surface area contributed by atoms with Crippen molar-refractivity contribution in [3.63, 3.8) is 0 Å². The highest BCUT2D eigenvalue weighted by molar-refractivity contribution is 7.71. The smallest absolute Gasteiger partial charge is 0.265 e. The van der Waals surface area contributed by atoms with E-state index in [4.69, 9.17) is 17.5 Å². The summed E-state index contributed by atoms with van der Waals surface area (Å²) in [7, 11) is 0. The number of H-pyrrole nitrogens is 1. The largest absolute Gasteiger partial charge is 0.349 e. The number of halogens is 2. The van der Waals surface area contributed by atoms with Crippen molar-refractivity contribution in [1.29, 1.82) is 5.26 Å². The zero-order valence-corrected chi connectivity index (χ0v) is 10.7. The molecule has 1 heterocycles. The van der Waals surface area contributed by atoms with Gasteiger partial charge in [-0.3, -0.25) is 0 Å². The van der Waals surface area contributed by atoms with Gasteiger partial charge in [-0.05, 0) is 31.2 Å². The van der Waals surface area contributed by atoms with Crippen molar-refractivity contribution in [2.45, 2.75) is 45.0 Å². The van der Waals surface area contributed by atoms with Crippen LogP contribution in [0.3, 0.4) is 0 Å². The first kappa shape index (κ1) is 13.2. The van der Waals surface area contributed by atoms with Crippen LogP contribution in [0.15, 0.2) is 0 Å². The highest BCUT2D eigenvalue weighted by atomic mass is 32.1.